The van der Waals surface area contributed by atoms with E-state index < -0.39 is 11.6 Å². The number of benzene rings is 1. The molecule has 1 amide bonds. The van der Waals surface area contributed by atoms with Crippen molar-refractivity contribution in [3.63, 3.8) is 0 Å². The fraction of sp³-hybridized carbons (Fsp3) is 0.444. The molecule has 2 aromatic rings. The fourth-order valence-corrected chi connectivity index (χ4v) is 2.51. The fourth-order valence-electron chi connectivity index (χ4n) is 2.51. The number of carbonyl (C=O) groups is 1. The van der Waals surface area contributed by atoms with Crippen molar-refractivity contribution in [1.82, 2.24) is 20.4 Å². The highest BCUT2D eigenvalue weighted by Crippen LogP contribution is 2.20. The SMILES string of the molecule is Cc1nn(-c2ccc(F)cc2F)c(C)c1CNCCNC(=O)C(C)C. The molecule has 0 bridgehead atoms. The zero-order valence-corrected chi connectivity index (χ0v) is 15.0. The number of halogens is 2. The molecular weight excluding hydrogens is 326 g/mol. The maximum atomic E-state index is 14.0. The van der Waals surface area contributed by atoms with E-state index in [2.05, 4.69) is 15.7 Å². The Morgan fingerprint density at radius 3 is 2.60 bits per heavy atom. The van der Waals surface area contributed by atoms with E-state index in [9.17, 15) is 13.6 Å². The van der Waals surface area contributed by atoms with Crippen LogP contribution in [-0.4, -0.2) is 28.8 Å². The maximum absolute atomic E-state index is 14.0. The summed E-state index contributed by atoms with van der Waals surface area (Å²) in [6, 6.07) is 3.44. The number of hydrogen-bond acceptors (Lipinski definition) is 3. The Bertz CT molecular complexity index is 756. The Kier molecular flexibility index (Phi) is 6.25. The molecule has 1 heterocycles. The molecule has 0 spiro atoms. The Labute approximate surface area is 146 Å². The quantitative estimate of drug-likeness (QED) is 0.755. The largest absolute Gasteiger partial charge is 0.355 e. The van der Waals surface area contributed by atoms with Gasteiger partial charge in [-0.15, -0.1) is 0 Å². The van der Waals surface area contributed by atoms with Crippen LogP contribution in [0.4, 0.5) is 8.78 Å². The second-order valence-electron chi connectivity index (χ2n) is 6.28. The molecule has 136 valence electrons. The van der Waals surface area contributed by atoms with Gasteiger partial charge in [-0.3, -0.25) is 4.79 Å². The first-order valence-corrected chi connectivity index (χ1v) is 8.30. The van der Waals surface area contributed by atoms with Gasteiger partial charge < -0.3 is 10.6 Å². The normalized spacial score (nSPS) is 11.2. The first kappa shape index (κ1) is 19.1. The Hall–Kier alpha value is -2.28. The van der Waals surface area contributed by atoms with Gasteiger partial charge in [-0.2, -0.15) is 5.10 Å². The summed E-state index contributed by atoms with van der Waals surface area (Å²) < 4.78 is 28.6. The van der Waals surface area contributed by atoms with Crippen LogP contribution in [0.2, 0.25) is 0 Å². The minimum Gasteiger partial charge on any atom is -0.355 e. The lowest BCUT2D eigenvalue weighted by Crippen LogP contribution is -2.34. The molecule has 0 radical (unpaired) electrons. The molecule has 5 nitrogen and oxygen atoms in total. The third kappa shape index (κ3) is 4.63. The number of amides is 1. The molecule has 2 rings (SSSR count). The predicted octanol–water partition coefficient (Wildman–Crippen LogP) is 2.63. The molecule has 0 aliphatic carbocycles. The van der Waals surface area contributed by atoms with Crippen molar-refractivity contribution in [2.75, 3.05) is 13.1 Å². The van der Waals surface area contributed by atoms with Crippen LogP contribution in [0.15, 0.2) is 18.2 Å². The number of aromatic nitrogens is 2. The van der Waals surface area contributed by atoms with Crippen LogP contribution in [0.25, 0.3) is 5.69 Å². The number of aryl methyl sites for hydroxylation is 1. The van der Waals surface area contributed by atoms with E-state index in [0.717, 1.165) is 23.0 Å². The zero-order valence-electron chi connectivity index (χ0n) is 15.0. The van der Waals surface area contributed by atoms with E-state index in [-0.39, 0.29) is 17.5 Å². The molecule has 0 aliphatic heterocycles. The highest BCUT2D eigenvalue weighted by Gasteiger charge is 2.15. The molecule has 0 saturated heterocycles. The van der Waals surface area contributed by atoms with Crippen molar-refractivity contribution in [2.45, 2.75) is 34.2 Å². The van der Waals surface area contributed by atoms with E-state index in [4.69, 9.17) is 0 Å². The summed E-state index contributed by atoms with van der Waals surface area (Å²) >= 11 is 0. The van der Waals surface area contributed by atoms with E-state index in [1.165, 1.54) is 16.8 Å². The van der Waals surface area contributed by atoms with Gasteiger partial charge in [0.15, 0.2) is 5.82 Å². The van der Waals surface area contributed by atoms with Gasteiger partial charge in [-0.25, -0.2) is 13.5 Å². The van der Waals surface area contributed by atoms with Crippen LogP contribution in [-0.2, 0) is 11.3 Å². The molecule has 0 atom stereocenters. The Morgan fingerprint density at radius 1 is 1.24 bits per heavy atom. The van der Waals surface area contributed by atoms with Crippen molar-refractivity contribution >= 4 is 5.91 Å². The third-order valence-electron chi connectivity index (χ3n) is 4.01. The van der Waals surface area contributed by atoms with Crippen molar-refractivity contribution in [3.05, 3.63) is 46.8 Å². The van der Waals surface area contributed by atoms with Crippen molar-refractivity contribution < 1.29 is 13.6 Å². The summed E-state index contributed by atoms with van der Waals surface area (Å²) in [7, 11) is 0. The zero-order chi connectivity index (χ0) is 18.6. The lowest BCUT2D eigenvalue weighted by Gasteiger charge is -2.09. The smallest absolute Gasteiger partial charge is 0.222 e. The lowest BCUT2D eigenvalue weighted by atomic mass is 10.2. The summed E-state index contributed by atoms with van der Waals surface area (Å²) in [6.07, 6.45) is 0. The molecule has 1 aromatic heterocycles. The summed E-state index contributed by atoms with van der Waals surface area (Å²) in [4.78, 5) is 11.5. The van der Waals surface area contributed by atoms with Crippen LogP contribution in [0.5, 0.6) is 0 Å². The van der Waals surface area contributed by atoms with Crippen molar-refractivity contribution in [3.8, 4) is 5.69 Å². The average Bonchev–Trinajstić information content (AvgIpc) is 2.82. The third-order valence-corrected chi connectivity index (χ3v) is 4.01. The summed E-state index contributed by atoms with van der Waals surface area (Å²) in [6.45, 7) is 9.10. The Balaban J connectivity index is 2.01. The Morgan fingerprint density at radius 2 is 1.96 bits per heavy atom. The summed E-state index contributed by atoms with van der Waals surface area (Å²) in [5.41, 5.74) is 2.75. The maximum Gasteiger partial charge on any atom is 0.222 e. The minimum atomic E-state index is -0.651. The monoisotopic (exact) mass is 350 g/mol. The first-order valence-electron chi connectivity index (χ1n) is 8.30. The van der Waals surface area contributed by atoms with Gasteiger partial charge in [0.2, 0.25) is 5.91 Å². The predicted molar refractivity (Wildman–Crippen MR) is 92.5 cm³/mol. The highest BCUT2D eigenvalue weighted by molar-refractivity contribution is 5.77. The molecule has 7 heteroatoms. The molecule has 0 aliphatic rings. The number of nitrogens with zero attached hydrogens (tertiary/aromatic N) is 2. The van der Waals surface area contributed by atoms with Crippen LogP contribution in [0.1, 0.15) is 30.8 Å². The second kappa shape index (κ2) is 8.20. The molecule has 1 aromatic carbocycles. The number of carbonyl (C=O) groups excluding carboxylic acids is 1. The van der Waals surface area contributed by atoms with Crippen LogP contribution >= 0.6 is 0 Å². The van der Waals surface area contributed by atoms with Gasteiger partial charge in [0.1, 0.15) is 11.5 Å². The van der Waals surface area contributed by atoms with Gasteiger partial charge in [-0.1, -0.05) is 13.8 Å². The lowest BCUT2D eigenvalue weighted by molar-refractivity contribution is -0.123. The topological polar surface area (TPSA) is 59.0 Å². The molecule has 0 unspecified atom stereocenters. The van der Waals surface area contributed by atoms with Crippen LogP contribution in [0.3, 0.4) is 0 Å². The van der Waals surface area contributed by atoms with Gasteiger partial charge in [-0.05, 0) is 26.0 Å². The molecular formula is C18H24F2N4O. The van der Waals surface area contributed by atoms with E-state index in [0.29, 0.717) is 19.6 Å². The molecule has 25 heavy (non-hydrogen) atoms. The van der Waals surface area contributed by atoms with E-state index in [1.807, 2.05) is 27.7 Å². The molecule has 0 fully saturated rings. The highest BCUT2D eigenvalue weighted by atomic mass is 19.1. The van der Waals surface area contributed by atoms with Crippen molar-refractivity contribution in [1.29, 1.82) is 0 Å². The van der Waals surface area contributed by atoms with Gasteiger partial charge >= 0.3 is 0 Å². The van der Waals surface area contributed by atoms with E-state index in [1.54, 1.807) is 0 Å². The van der Waals surface area contributed by atoms with Crippen LogP contribution < -0.4 is 10.6 Å². The number of hydrogen-bond donors (Lipinski definition) is 2. The summed E-state index contributed by atoms with van der Waals surface area (Å²) in [5.74, 6) is -1.28. The van der Waals surface area contributed by atoms with Gasteiger partial charge in [0.05, 0.1) is 5.69 Å². The van der Waals surface area contributed by atoms with Crippen molar-refractivity contribution in [2.24, 2.45) is 5.92 Å². The van der Waals surface area contributed by atoms with Crippen LogP contribution in [0, 0.1) is 31.4 Å². The van der Waals surface area contributed by atoms with Gasteiger partial charge in [0.25, 0.3) is 0 Å². The minimum absolute atomic E-state index is 0.0220. The standard InChI is InChI=1S/C18H24F2N4O/c1-11(2)18(25)22-8-7-21-10-15-12(3)23-24(13(15)4)17-6-5-14(19)9-16(17)20/h5-6,9,11,21H,7-8,10H2,1-4H3,(H,22,25). The number of nitrogens with one attached hydrogen (secondary N) is 2. The summed E-state index contributed by atoms with van der Waals surface area (Å²) in [5, 5.41) is 10.4. The van der Waals surface area contributed by atoms with E-state index >= 15 is 0 Å². The molecule has 2 N–H and O–H groups in total. The molecule has 0 saturated carbocycles. The average molecular weight is 350 g/mol. The second-order valence-corrected chi connectivity index (χ2v) is 6.28. The first-order chi connectivity index (χ1) is 11.8. The van der Waals surface area contributed by atoms with Gasteiger partial charge in [0, 0.05) is 42.9 Å². The number of rotatable bonds is 7.